The Kier molecular flexibility index (Phi) is 6.26. The third-order valence-corrected chi connectivity index (χ3v) is 3.96. The zero-order valence-corrected chi connectivity index (χ0v) is 14.6. The van der Waals surface area contributed by atoms with Crippen LogP contribution in [0.2, 0.25) is 0 Å². The molecule has 0 spiro atoms. The normalized spacial score (nSPS) is 18.6. The van der Waals surface area contributed by atoms with Crippen LogP contribution in [-0.4, -0.2) is 29.2 Å². The standard InChI is InChI=1S/C20H29NO2/c1-20(2,3)23-19(22)21-16-10-15-18(21)14-9-5-8-13-17-11-6-4-7-12-17/h4,6-7,9,11-12,14,18H,5,8,10,13,15-16H2,1-3H3/b14-9+/t18-/m1/s1. The number of amides is 1. The van der Waals surface area contributed by atoms with Gasteiger partial charge in [-0.3, -0.25) is 0 Å². The van der Waals surface area contributed by atoms with Crippen LogP contribution in [-0.2, 0) is 11.2 Å². The molecule has 0 bridgehead atoms. The van der Waals surface area contributed by atoms with Crippen molar-refractivity contribution >= 4 is 6.09 Å². The van der Waals surface area contributed by atoms with E-state index in [4.69, 9.17) is 4.74 Å². The van der Waals surface area contributed by atoms with Crippen LogP contribution < -0.4 is 0 Å². The molecule has 1 aromatic rings. The maximum Gasteiger partial charge on any atom is 0.410 e. The average Bonchev–Trinajstić information content (AvgIpc) is 2.95. The van der Waals surface area contributed by atoms with E-state index in [2.05, 4.69) is 42.5 Å². The number of carbonyl (C=O) groups is 1. The van der Waals surface area contributed by atoms with Crippen molar-refractivity contribution in [2.75, 3.05) is 6.54 Å². The fraction of sp³-hybridized carbons (Fsp3) is 0.550. The molecule has 2 rings (SSSR count). The number of allylic oxidation sites excluding steroid dienone is 1. The van der Waals surface area contributed by atoms with E-state index < -0.39 is 5.60 Å². The average molecular weight is 315 g/mol. The van der Waals surface area contributed by atoms with Crippen molar-refractivity contribution in [1.82, 2.24) is 4.90 Å². The quantitative estimate of drug-likeness (QED) is 0.567. The number of ether oxygens (including phenoxy) is 1. The minimum atomic E-state index is -0.427. The Bertz CT molecular complexity index is 516. The van der Waals surface area contributed by atoms with Crippen molar-refractivity contribution in [3.8, 4) is 0 Å². The third-order valence-electron chi connectivity index (χ3n) is 3.96. The van der Waals surface area contributed by atoms with E-state index in [-0.39, 0.29) is 12.1 Å². The molecule has 1 heterocycles. The number of nitrogens with zero attached hydrogens (tertiary/aromatic N) is 1. The fourth-order valence-electron chi connectivity index (χ4n) is 2.86. The van der Waals surface area contributed by atoms with Gasteiger partial charge in [0.1, 0.15) is 5.60 Å². The number of benzene rings is 1. The minimum Gasteiger partial charge on any atom is -0.444 e. The molecular weight excluding hydrogens is 286 g/mol. The van der Waals surface area contributed by atoms with E-state index in [0.29, 0.717) is 0 Å². The molecule has 1 aromatic carbocycles. The summed E-state index contributed by atoms with van der Waals surface area (Å²) in [6.45, 7) is 6.54. The Balaban J connectivity index is 1.76. The van der Waals surface area contributed by atoms with Gasteiger partial charge < -0.3 is 9.64 Å². The first-order valence-corrected chi connectivity index (χ1v) is 8.66. The van der Waals surface area contributed by atoms with Gasteiger partial charge >= 0.3 is 6.09 Å². The summed E-state index contributed by atoms with van der Waals surface area (Å²) in [5.41, 5.74) is 0.959. The van der Waals surface area contributed by atoms with Gasteiger partial charge in [-0.05, 0) is 58.4 Å². The Morgan fingerprint density at radius 1 is 1.30 bits per heavy atom. The van der Waals surface area contributed by atoms with Crippen LogP contribution in [0.25, 0.3) is 0 Å². The number of unbranched alkanes of at least 4 members (excludes halogenated alkanes) is 1. The Labute approximate surface area is 140 Å². The summed E-state index contributed by atoms with van der Waals surface area (Å²) < 4.78 is 5.49. The third kappa shape index (κ3) is 6.09. The summed E-state index contributed by atoms with van der Waals surface area (Å²) in [4.78, 5) is 14.1. The first-order chi connectivity index (χ1) is 11.0. The largest absolute Gasteiger partial charge is 0.444 e. The molecule has 0 unspecified atom stereocenters. The number of hydrogen-bond acceptors (Lipinski definition) is 2. The molecule has 1 fully saturated rings. The van der Waals surface area contributed by atoms with Gasteiger partial charge in [0.2, 0.25) is 0 Å². The van der Waals surface area contributed by atoms with E-state index in [0.717, 1.165) is 38.6 Å². The van der Waals surface area contributed by atoms with Gasteiger partial charge in [0.25, 0.3) is 0 Å². The minimum absolute atomic E-state index is 0.186. The van der Waals surface area contributed by atoms with Crippen molar-refractivity contribution in [2.45, 2.75) is 64.5 Å². The molecule has 0 aromatic heterocycles. The highest BCUT2D eigenvalue weighted by atomic mass is 16.6. The number of rotatable bonds is 5. The summed E-state index contributed by atoms with van der Waals surface area (Å²) in [5.74, 6) is 0. The van der Waals surface area contributed by atoms with Gasteiger partial charge in [-0.2, -0.15) is 0 Å². The Morgan fingerprint density at radius 2 is 2.04 bits per heavy atom. The summed E-state index contributed by atoms with van der Waals surface area (Å²) in [6, 6.07) is 10.8. The molecule has 1 amide bonds. The summed E-state index contributed by atoms with van der Waals surface area (Å²) in [7, 11) is 0. The van der Waals surface area contributed by atoms with Crippen molar-refractivity contribution in [2.24, 2.45) is 0 Å². The molecule has 3 heteroatoms. The first kappa shape index (κ1) is 17.6. The van der Waals surface area contributed by atoms with Crippen molar-refractivity contribution < 1.29 is 9.53 Å². The number of hydrogen-bond donors (Lipinski definition) is 0. The van der Waals surface area contributed by atoms with Gasteiger partial charge in [0, 0.05) is 6.54 Å². The molecule has 126 valence electrons. The van der Waals surface area contributed by atoms with Crippen LogP contribution >= 0.6 is 0 Å². The lowest BCUT2D eigenvalue weighted by molar-refractivity contribution is 0.0256. The monoisotopic (exact) mass is 315 g/mol. The van der Waals surface area contributed by atoms with Gasteiger partial charge in [-0.25, -0.2) is 4.79 Å². The van der Waals surface area contributed by atoms with Crippen LogP contribution in [0, 0.1) is 0 Å². The second kappa shape index (κ2) is 8.19. The van der Waals surface area contributed by atoms with Gasteiger partial charge in [0.15, 0.2) is 0 Å². The van der Waals surface area contributed by atoms with Crippen LogP contribution in [0.1, 0.15) is 52.0 Å². The highest BCUT2D eigenvalue weighted by Gasteiger charge is 2.30. The topological polar surface area (TPSA) is 29.5 Å². The lowest BCUT2D eigenvalue weighted by atomic mass is 10.1. The number of aryl methyl sites for hydroxylation is 1. The molecule has 0 saturated carbocycles. The van der Waals surface area contributed by atoms with Crippen molar-refractivity contribution in [3.05, 3.63) is 48.0 Å². The van der Waals surface area contributed by atoms with Crippen LogP contribution in [0.3, 0.4) is 0 Å². The van der Waals surface area contributed by atoms with E-state index >= 15 is 0 Å². The zero-order chi connectivity index (χ0) is 16.7. The van der Waals surface area contributed by atoms with Gasteiger partial charge in [0.05, 0.1) is 6.04 Å². The SMILES string of the molecule is CC(C)(C)OC(=O)N1CCC[C@H]1/C=C/CCCc1ccccc1. The first-order valence-electron chi connectivity index (χ1n) is 8.66. The van der Waals surface area contributed by atoms with Crippen LogP contribution in [0.4, 0.5) is 4.79 Å². The molecule has 3 nitrogen and oxygen atoms in total. The highest BCUT2D eigenvalue weighted by Crippen LogP contribution is 2.22. The number of carbonyl (C=O) groups excluding carboxylic acids is 1. The lowest BCUT2D eigenvalue weighted by Crippen LogP contribution is -2.39. The van der Waals surface area contributed by atoms with Crippen LogP contribution in [0.5, 0.6) is 0 Å². The van der Waals surface area contributed by atoms with Gasteiger partial charge in [-0.1, -0.05) is 42.5 Å². The smallest absolute Gasteiger partial charge is 0.410 e. The highest BCUT2D eigenvalue weighted by molar-refractivity contribution is 5.69. The second-order valence-electron chi connectivity index (χ2n) is 7.19. The maximum atomic E-state index is 12.2. The van der Waals surface area contributed by atoms with E-state index in [9.17, 15) is 4.79 Å². The molecule has 1 atom stereocenters. The van der Waals surface area contributed by atoms with E-state index in [1.807, 2.05) is 25.7 Å². The molecule has 1 saturated heterocycles. The number of likely N-dealkylation sites (tertiary alicyclic amines) is 1. The maximum absolute atomic E-state index is 12.2. The molecule has 0 aliphatic carbocycles. The summed E-state index contributed by atoms with van der Waals surface area (Å²) in [5, 5.41) is 0. The molecule has 1 aliphatic heterocycles. The predicted octanol–water partition coefficient (Wildman–Crippen LogP) is 4.97. The second-order valence-corrected chi connectivity index (χ2v) is 7.19. The predicted molar refractivity (Wildman–Crippen MR) is 94.5 cm³/mol. The molecule has 0 N–H and O–H groups in total. The lowest BCUT2D eigenvalue weighted by Gasteiger charge is -2.27. The van der Waals surface area contributed by atoms with Gasteiger partial charge in [-0.15, -0.1) is 0 Å². The van der Waals surface area contributed by atoms with Crippen molar-refractivity contribution in [1.29, 1.82) is 0 Å². The zero-order valence-electron chi connectivity index (χ0n) is 14.6. The Hall–Kier alpha value is -1.77. The summed E-state index contributed by atoms with van der Waals surface area (Å²) in [6.07, 6.45) is 9.60. The van der Waals surface area contributed by atoms with E-state index in [1.165, 1.54) is 5.56 Å². The molecule has 23 heavy (non-hydrogen) atoms. The molecule has 0 radical (unpaired) electrons. The Morgan fingerprint density at radius 3 is 2.74 bits per heavy atom. The van der Waals surface area contributed by atoms with Crippen LogP contribution in [0.15, 0.2) is 42.5 Å². The molecule has 1 aliphatic rings. The van der Waals surface area contributed by atoms with Crippen molar-refractivity contribution in [3.63, 3.8) is 0 Å². The molecular formula is C20H29NO2. The summed E-state index contributed by atoms with van der Waals surface area (Å²) >= 11 is 0. The fourth-order valence-corrected chi connectivity index (χ4v) is 2.86. The van der Waals surface area contributed by atoms with E-state index in [1.54, 1.807) is 0 Å².